The second-order valence-electron chi connectivity index (χ2n) is 1.94. The van der Waals surface area contributed by atoms with Crippen molar-refractivity contribution >= 4 is 0 Å². The highest BCUT2D eigenvalue weighted by molar-refractivity contribution is 4.89. The highest BCUT2D eigenvalue weighted by Gasteiger charge is 1.78. The summed E-state index contributed by atoms with van der Waals surface area (Å²) in [5.41, 5.74) is 1.24. The number of allylic oxidation sites excluding steroid dienone is 2. The molecular weight excluding hydrogens is 151 g/mol. The molecule has 0 aromatic carbocycles. The van der Waals surface area contributed by atoms with Crippen molar-refractivity contribution in [1.29, 1.82) is 0 Å². The molecule has 0 atom stereocenters. The van der Waals surface area contributed by atoms with Crippen LogP contribution < -0.4 is 0 Å². The summed E-state index contributed by atoms with van der Waals surface area (Å²) in [5.74, 6) is 0. The van der Waals surface area contributed by atoms with Crippen LogP contribution in [-0.4, -0.2) is 0 Å². The van der Waals surface area contributed by atoms with Gasteiger partial charge in [-0.15, -0.1) is 13.2 Å². The summed E-state index contributed by atoms with van der Waals surface area (Å²) in [6.07, 6.45) is 4.31. The summed E-state index contributed by atoms with van der Waals surface area (Å²) in [4.78, 5) is 0. The van der Waals surface area contributed by atoms with Gasteiger partial charge in [-0.3, -0.25) is 0 Å². The van der Waals surface area contributed by atoms with E-state index in [0.717, 1.165) is 12.8 Å². The van der Waals surface area contributed by atoms with Crippen LogP contribution in [0.3, 0.4) is 0 Å². The molecule has 0 rings (SSSR count). The Labute approximate surface area is 76.5 Å². The first kappa shape index (κ1) is 17.3. The maximum Gasteiger partial charge on any atom is 0.0795 e. The monoisotopic (exact) mass is 172 g/mol. The maximum absolute atomic E-state index is 10.1. The van der Waals surface area contributed by atoms with Gasteiger partial charge in [0.2, 0.25) is 0 Å². The predicted molar refractivity (Wildman–Crippen MR) is 56.9 cm³/mol. The number of rotatable bonds is 3. The van der Waals surface area contributed by atoms with Crippen molar-refractivity contribution in [2.24, 2.45) is 0 Å². The largest absolute Gasteiger partial charge is 0.216 e. The van der Waals surface area contributed by atoms with E-state index in [1.54, 1.807) is 0 Å². The van der Waals surface area contributed by atoms with Gasteiger partial charge in [-0.2, -0.15) is 0 Å². The van der Waals surface area contributed by atoms with Gasteiger partial charge in [0, 0.05) is 0 Å². The zero-order chi connectivity index (χ0) is 10.4. The molecule has 0 aromatic rings. The van der Waals surface area contributed by atoms with Crippen LogP contribution in [0.5, 0.6) is 0 Å². The van der Waals surface area contributed by atoms with E-state index >= 15 is 0 Å². The molecule has 0 N–H and O–H groups in total. The van der Waals surface area contributed by atoms with E-state index in [4.69, 9.17) is 0 Å². The number of halogens is 1. The van der Waals surface area contributed by atoms with Gasteiger partial charge in [0.15, 0.2) is 0 Å². The third kappa shape index (κ3) is 61.3. The van der Waals surface area contributed by atoms with Crippen molar-refractivity contribution in [3.05, 3.63) is 37.7 Å². The predicted octanol–water partition coefficient (Wildman–Crippen LogP) is 4.65. The molecule has 0 bridgehead atoms. The second kappa shape index (κ2) is 22.5. The molecule has 0 aliphatic carbocycles. The van der Waals surface area contributed by atoms with Crippen molar-refractivity contribution in [3.8, 4) is 0 Å². The summed E-state index contributed by atoms with van der Waals surface area (Å²) in [7, 11) is 0. The third-order valence-electron chi connectivity index (χ3n) is 0.775. The fraction of sp³-hybridized carbons (Fsp3) is 0.455. The van der Waals surface area contributed by atoms with E-state index in [0.29, 0.717) is 0 Å². The Morgan fingerprint density at radius 2 is 1.67 bits per heavy atom. The zero-order valence-electron chi connectivity index (χ0n) is 8.57. The molecule has 0 radical (unpaired) electrons. The molecule has 0 aliphatic heterocycles. The van der Waals surface area contributed by atoms with E-state index in [2.05, 4.69) is 19.7 Å². The molecule has 1 heteroatoms. The zero-order valence-corrected chi connectivity index (χ0v) is 8.57. The molecule has 0 heterocycles. The topological polar surface area (TPSA) is 0 Å². The van der Waals surface area contributed by atoms with E-state index in [1.807, 2.05) is 26.8 Å². The highest BCUT2D eigenvalue weighted by Crippen LogP contribution is 1.98. The standard InChI is InChI=1S/C7H12.C2H3F.C2H6/c1-4-5-6-7(2)3;1-2-3;1-2/h4H,1-2,5-6H2,3H3;2H,1H2;1-2H3. The lowest BCUT2D eigenvalue weighted by atomic mass is 10.2. The first-order chi connectivity index (χ1) is 5.68. The summed E-state index contributed by atoms with van der Waals surface area (Å²) in [5, 5.41) is 0. The van der Waals surface area contributed by atoms with E-state index in [9.17, 15) is 4.39 Å². The molecule has 12 heavy (non-hydrogen) atoms. The van der Waals surface area contributed by atoms with Gasteiger partial charge in [-0.05, 0) is 19.8 Å². The van der Waals surface area contributed by atoms with Crippen LogP contribution in [0.15, 0.2) is 37.7 Å². The Kier molecular flexibility index (Phi) is 32.4. The Morgan fingerprint density at radius 1 is 1.33 bits per heavy atom. The van der Waals surface area contributed by atoms with E-state index in [-0.39, 0.29) is 6.33 Å². The minimum absolute atomic E-state index is 0.250. The summed E-state index contributed by atoms with van der Waals surface area (Å²) in [6, 6.07) is 0. The van der Waals surface area contributed by atoms with E-state index < -0.39 is 0 Å². The van der Waals surface area contributed by atoms with Crippen LogP contribution in [0.2, 0.25) is 0 Å². The fourth-order valence-corrected chi connectivity index (χ4v) is 0.348. The molecule has 0 unspecified atom stereocenters. The molecule has 0 spiro atoms. The van der Waals surface area contributed by atoms with Crippen LogP contribution in [0, 0.1) is 0 Å². The highest BCUT2D eigenvalue weighted by atomic mass is 19.1. The fourth-order valence-electron chi connectivity index (χ4n) is 0.348. The minimum atomic E-state index is 0.250. The lowest BCUT2D eigenvalue weighted by molar-refractivity contribution is 0.725. The van der Waals surface area contributed by atoms with Gasteiger partial charge in [-0.1, -0.05) is 32.1 Å². The van der Waals surface area contributed by atoms with Crippen molar-refractivity contribution < 1.29 is 4.39 Å². The maximum atomic E-state index is 10.1. The lowest BCUT2D eigenvalue weighted by Gasteiger charge is -1.88. The number of hydrogen-bond acceptors (Lipinski definition) is 0. The summed E-state index contributed by atoms with van der Waals surface area (Å²) >= 11 is 0. The minimum Gasteiger partial charge on any atom is -0.216 e. The van der Waals surface area contributed by atoms with Gasteiger partial charge >= 0.3 is 0 Å². The number of hydrogen-bond donors (Lipinski definition) is 0. The van der Waals surface area contributed by atoms with Crippen LogP contribution >= 0.6 is 0 Å². The van der Waals surface area contributed by atoms with Gasteiger partial charge in [0.1, 0.15) is 0 Å². The van der Waals surface area contributed by atoms with E-state index in [1.165, 1.54) is 5.57 Å². The Balaban J connectivity index is -0.000000137. The van der Waals surface area contributed by atoms with Crippen molar-refractivity contribution in [2.75, 3.05) is 0 Å². The van der Waals surface area contributed by atoms with Crippen LogP contribution in [0.25, 0.3) is 0 Å². The SMILES string of the molecule is C=CCCC(=C)C.C=CF.CC. The molecule has 0 fully saturated rings. The Morgan fingerprint density at radius 3 is 1.75 bits per heavy atom. The Bertz CT molecular complexity index is 104. The Hall–Kier alpha value is -0.850. The van der Waals surface area contributed by atoms with Crippen molar-refractivity contribution in [1.82, 2.24) is 0 Å². The average Bonchev–Trinajstić information content (AvgIpc) is 2.06. The van der Waals surface area contributed by atoms with Crippen LogP contribution in [0.1, 0.15) is 33.6 Å². The van der Waals surface area contributed by atoms with Gasteiger partial charge in [0.25, 0.3) is 0 Å². The normalized spacial score (nSPS) is 6.33. The van der Waals surface area contributed by atoms with Gasteiger partial charge < -0.3 is 0 Å². The van der Waals surface area contributed by atoms with Gasteiger partial charge in [-0.25, -0.2) is 4.39 Å². The summed E-state index contributed by atoms with van der Waals surface area (Å²) < 4.78 is 10.1. The first-order valence-electron chi connectivity index (χ1n) is 4.15. The smallest absolute Gasteiger partial charge is 0.0795 e. The van der Waals surface area contributed by atoms with Crippen LogP contribution in [0.4, 0.5) is 4.39 Å². The molecule has 0 aliphatic rings. The molecule has 0 nitrogen and oxygen atoms in total. The lowest BCUT2D eigenvalue weighted by Crippen LogP contribution is -1.68. The molecule has 72 valence electrons. The van der Waals surface area contributed by atoms with Crippen molar-refractivity contribution in [3.63, 3.8) is 0 Å². The van der Waals surface area contributed by atoms with Crippen LogP contribution in [-0.2, 0) is 0 Å². The molecule has 0 amide bonds. The van der Waals surface area contributed by atoms with Crippen molar-refractivity contribution in [2.45, 2.75) is 33.6 Å². The average molecular weight is 172 g/mol. The molecule has 0 aromatic heterocycles. The molecule has 0 saturated heterocycles. The third-order valence-corrected chi connectivity index (χ3v) is 0.775. The quantitative estimate of drug-likeness (QED) is 0.543. The first-order valence-corrected chi connectivity index (χ1v) is 4.15. The molecule has 0 saturated carbocycles. The van der Waals surface area contributed by atoms with Gasteiger partial charge in [0.05, 0.1) is 6.33 Å². The second-order valence-corrected chi connectivity index (χ2v) is 1.94. The summed E-state index contributed by atoms with van der Waals surface area (Å²) in [6.45, 7) is 16.1. The molecular formula is C11H21F.